The third kappa shape index (κ3) is 25.8. The molecule has 0 aliphatic carbocycles. The molecule has 0 saturated carbocycles. The van der Waals surface area contributed by atoms with Gasteiger partial charge in [-0.3, -0.25) is 4.79 Å². The molecule has 9 heteroatoms. The number of allylic oxidation sites excluding steroid dienone is 7. The minimum Gasteiger partial charge on any atom is -0.394 e. The molecular weight excluding hydrogens is 670 g/mol. The smallest absolute Gasteiger partial charge is 0.220 e. The van der Waals surface area contributed by atoms with Gasteiger partial charge in [0.2, 0.25) is 5.91 Å². The molecule has 1 saturated heterocycles. The van der Waals surface area contributed by atoms with Gasteiger partial charge in [-0.2, -0.15) is 0 Å². The standard InChI is InChI=1S/C44H79NO8/c1-3-5-7-8-9-10-11-12-13-14-15-16-17-18-19-20-21-22-23-24-25-26-27-28-29-30-32-34-40(48)45-37(38(47)33-31-6-4-2)36-52-44-43(51)42(50)41(49)39(35-46)53-44/h11-12,14-15,17-18,31,33,37-39,41-44,46-47,49-51H,3-10,13,16,19-30,32,34-36H2,1-2H3,(H,45,48)/b12-11-,15-14-,18-17-,33-31+. The van der Waals surface area contributed by atoms with E-state index in [4.69, 9.17) is 9.47 Å². The van der Waals surface area contributed by atoms with Crippen molar-refractivity contribution in [3.8, 4) is 0 Å². The molecule has 1 amide bonds. The van der Waals surface area contributed by atoms with Crippen LogP contribution in [0, 0.1) is 0 Å². The average Bonchev–Trinajstić information content (AvgIpc) is 3.15. The van der Waals surface area contributed by atoms with Gasteiger partial charge in [-0.25, -0.2) is 0 Å². The van der Waals surface area contributed by atoms with Crippen LogP contribution in [0.4, 0.5) is 0 Å². The van der Waals surface area contributed by atoms with Gasteiger partial charge in [-0.1, -0.05) is 159 Å². The van der Waals surface area contributed by atoms with E-state index in [0.717, 1.165) is 44.9 Å². The predicted molar refractivity (Wildman–Crippen MR) is 216 cm³/mol. The molecular formula is C44H79NO8. The molecule has 7 atom stereocenters. The van der Waals surface area contributed by atoms with Crippen LogP contribution in [0.3, 0.4) is 0 Å². The van der Waals surface area contributed by atoms with Crippen LogP contribution in [-0.2, 0) is 14.3 Å². The van der Waals surface area contributed by atoms with E-state index in [1.54, 1.807) is 6.08 Å². The van der Waals surface area contributed by atoms with Crippen LogP contribution in [0.15, 0.2) is 48.6 Å². The van der Waals surface area contributed by atoms with Crippen molar-refractivity contribution in [2.75, 3.05) is 13.2 Å². The number of ether oxygens (including phenoxy) is 2. The Labute approximate surface area is 323 Å². The minimum absolute atomic E-state index is 0.194. The molecule has 7 unspecified atom stereocenters. The summed E-state index contributed by atoms with van der Waals surface area (Å²) in [5.41, 5.74) is 0. The van der Waals surface area contributed by atoms with Crippen molar-refractivity contribution >= 4 is 5.91 Å². The number of hydrogen-bond donors (Lipinski definition) is 6. The highest BCUT2D eigenvalue weighted by atomic mass is 16.7. The molecule has 308 valence electrons. The predicted octanol–water partition coefficient (Wildman–Crippen LogP) is 8.28. The summed E-state index contributed by atoms with van der Waals surface area (Å²) >= 11 is 0. The van der Waals surface area contributed by atoms with E-state index in [-0.39, 0.29) is 12.5 Å². The molecule has 1 aliphatic rings. The monoisotopic (exact) mass is 750 g/mol. The van der Waals surface area contributed by atoms with Gasteiger partial charge in [-0.15, -0.1) is 0 Å². The highest BCUT2D eigenvalue weighted by Crippen LogP contribution is 2.22. The van der Waals surface area contributed by atoms with Gasteiger partial charge >= 0.3 is 0 Å². The molecule has 0 spiro atoms. The number of rotatable bonds is 34. The normalized spacial score (nSPS) is 22.1. The Kier molecular flexibility index (Phi) is 32.1. The molecule has 1 heterocycles. The first-order chi connectivity index (χ1) is 25.8. The second-order valence-electron chi connectivity index (χ2n) is 14.8. The lowest BCUT2D eigenvalue weighted by molar-refractivity contribution is -0.302. The van der Waals surface area contributed by atoms with Gasteiger partial charge in [0.25, 0.3) is 0 Å². The zero-order chi connectivity index (χ0) is 38.8. The van der Waals surface area contributed by atoms with Crippen molar-refractivity contribution < 1.29 is 39.8 Å². The van der Waals surface area contributed by atoms with Gasteiger partial charge in [0.15, 0.2) is 6.29 Å². The van der Waals surface area contributed by atoms with Gasteiger partial charge in [0.1, 0.15) is 24.4 Å². The fraction of sp³-hybridized carbons (Fsp3) is 0.795. The van der Waals surface area contributed by atoms with Crippen LogP contribution < -0.4 is 5.32 Å². The third-order valence-corrected chi connectivity index (χ3v) is 9.88. The van der Waals surface area contributed by atoms with Crippen LogP contribution in [0.1, 0.15) is 168 Å². The van der Waals surface area contributed by atoms with Crippen LogP contribution in [-0.4, -0.2) is 87.5 Å². The Morgan fingerprint density at radius 2 is 1.15 bits per heavy atom. The van der Waals surface area contributed by atoms with E-state index >= 15 is 0 Å². The molecule has 1 fully saturated rings. The van der Waals surface area contributed by atoms with Crippen LogP contribution in [0.25, 0.3) is 0 Å². The van der Waals surface area contributed by atoms with E-state index < -0.39 is 49.5 Å². The van der Waals surface area contributed by atoms with E-state index in [0.29, 0.717) is 6.42 Å². The molecule has 1 aliphatic heterocycles. The zero-order valence-electron chi connectivity index (χ0n) is 33.5. The van der Waals surface area contributed by atoms with E-state index in [1.807, 2.05) is 13.0 Å². The van der Waals surface area contributed by atoms with Crippen molar-refractivity contribution in [2.45, 2.75) is 211 Å². The number of unbranched alkanes of at least 4 members (excludes halogenated alkanes) is 18. The highest BCUT2D eigenvalue weighted by Gasteiger charge is 2.44. The molecule has 53 heavy (non-hydrogen) atoms. The number of aliphatic hydroxyl groups excluding tert-OH is 5. The number of hydrogen-bond acceptors (Lipinski definition) is 8. The first kappa shape index (κ1) is 49.2. The topological polar surface area (TPSA) is 149 Å². The summed E-state index contributed by atoms with van der Waals surface area (Å²) in [5, 5.41) is 53.3. The molecule has 1 rings (SSSR count). The fourth-order valence-electron chi connectivity index (χ4n) is 6.40. The molecule has 0 aromatic heterocycles. The van der Waals surface area contributed by atoms with Gasteiger partial charge in [0.05, 0.1) is 25.4 Å². The first-order valence-corrected chi connectivity index (χ1v) is 21.4. The Balaban J connectivity index is 2.08. The van der Waals surface area contributed by atoms with Crippen molar-refractivity contribution in [2.24, 2.45) is 0 Å². The molecule has 0 aromatic rings. The van der Waals surface area contributed by atoms with Crippen molar-refractivity contribution in [1.29, 1.82) is 0 Å². The average molecular weight is 750 g/mol. The Morgan fingerprint density at radius 1 is 0.642 bits per heavy atom. The minimum atomic E-state index is -1.56. The van der Waals surface area contributed by atoms with E-state index in [1.165, 1.54) is 103 Å². The van der Waals surface area contributed by atoms with Crippen molar-refractivity contribution in [3.63, 3.8) is 0 Å². The number of nitrogens with one attached hydrogen (secondary N) is 1. The van der Waals surface area contributed by atoms with Gasteiger partial charge < -0.3 is 40.3 Å². The third-order valence-electron chi connectivity index (χ3n) is 9.88. The quantitative estimate of drug-likeness (QED) is 0.0285. The summed E-state index contributed by atoms with van der Waals surface area (Å²) in [4.78, 5) is 12.7. The summed E-state index contributed by atoms with van der Waals surface area (Å²) < 4.78 is 11.0. The van der Waals surface area contributed by atoms with E-state index in [2.05, 4.69) is 48.7 Å². The van der Waals surface area contributed by atoms with E-state index in [9.17, 15) is 30.3 Å². The molecule has 0 radical (unpaired) electrons. The van der Waals surface area contributed by atoms with Crippen molar-refractivity contribution in [1.82, 2.24) is 5.32 Å². The Morgan fingerprint density at radius 3 is 1.68 bits per heavy atom. The second kappa shape index (κ2) is 34.6. The SMILES string of the molecule is CCC/C=C/C(O)C(COC1OC(CO)C(O)C(O)C1O)NC(=O)CCCCCCCCCCCCCC/C=C\C/C=C\C/C=C\CCCCCCC. The lowest BCUT2D eigenvalue weighted by atomic mass is 9.99. The summed E-state index contributed by atoms with van der Waals surface area (Å²) in [5.74, 6) is -0.194. The molecule has 0 bridgehead atoms. The maximum atomic E-state index is 12.7. The molecule has 6 N–H and O–H groups in total. The van der Waals surface area contributed by atoms with Crippen LogP contribution >= 0.6 is 0 Å². The summed E-state index contributed by atoms with van der Waals surface area (Å²) in [6.07, 6.45) is 36.9. The number of carbonyl (C=O) groups excluding carboxylic acids is 1. The van der Waals surface area contributed by atoms with Gasteiger partial charge in [0, 0.05) is 6.42 Å². The lowest BCUT2D eigenvalue weighted by Gasteiger charge is -2.40. The maximum absolute atomic E-state index is 12.7. The summed E-state index contributed by atoms with van der Waals surface area (Å²) in [7, 11) is 0. The van der Waals surface area contributed by atoms with Gasteiger partial charge in [-0.05, 0) is 51.4 Å². The Bertz CT molecular complexity index is 967. The first-order valence-electron chi connectivity index (χ1n) is 21.4. The molecule has 9 nitrogen and oxygen atoms in total. The van der Waals surface area contributed by atoms with Crippen molar-refractivity contribution in [3.05, 3.63) is 48.6 Å². The van der Waals surface area contributed by atoms with Crippen LogP contribution in [0.5, 0.6) is 0 Å². The fourth-order valence-corrected chi connectivity index (χ4v) is 6.40. The molecule has 0 aromatic carbocycles. The summed E-state index contributed by atoms with van der Waals surface area (Å²) in [6.45, 7) is 3.53. The Hall–Kier alpha value is -1.85. The lowest BCUT2D eigenvalue weighted by Crippen LogP contribution is -2.60. The largest absolute Gasteiger partial charge is 0.394 e. The zero-order valence-corrected chi connectivity index (χ0v) is 33.5. The maximum Gasteiger partial charge on any atom is 0.220 e. The summed E-state index contributed by atoms with van der Waals surface area (Å²) in [6, 6.07) is -0.801. The second-order valence-corrected chi connectivity index (χ2v) is 14.8. The van der Waals surface area contributed by atoms with Crippen LogP contribution in [0.2, 0.25) is 0 Å². The number of aliphatic hydroxyl groups is 5. The number of amides is 1. The highest BCUT2D eigenvalue weighted by molar-refractivity contribution is 5.76. The number of carbonyl (C=O) groups is 1.